The molecule has 112 valence electrons. The summed E-state index contributed by atoms with van der Waals surface area (Å²) in [7, 11) is 1.68. The lowest BCUT2D eigenvalue weighted by molar-refractivity contribution is -0.0535. The molecule has 0 aromatic heterocycles. The first-order valence-electron chi connectivity index (χ1n) is 7.27. The van der Waals surface area contributed by atoms with E-state index in [-0.39, 0.29) is 6.10 Å². The van der Waals surface area contributed by atoms with Crippen molar-refractivity contribution < 1.29 is 9.84 Å². The normalized spacial score (nSPS) is 19.8. The summed E-state index contributed by atoms with van der Waals surface area (Å²) < 4.78 is 5.57. The summed E-state index contributed by atoms with van der Waals surface area (Å²) in [5, 5.41) is 11.7. The molecule has 1 aromatic rings. The molecule has 0 spiro atoms. The van der Waals surface area contributed by atoms with Crippen molar-refractivity contribution in [2.24, 2.45) is 5.92 Å². The monoisotopic (exact) mass is 316 g/mol. The highest BCUT2D eigenvalue weighted by atomic mass is 35.5. The molecule has 0 saturated heterocycles. The number of benzene rings is 1. The average molecular weight is 317 g/mol. The van der Waals surface area contributed by atoms with Crippen molar-refractivity contribution in [1.29, 1.82) is 0 Å². The van der Waals surface area contributed by atoms with E-state index in [9.17, 15) is 5.11 Å². The number of halogens is 2. The summed E-state index contributed by atoms with van der Waals surface area (Å²) in [5.41, 5.74) is 0.807. The van der Waals surface area contributed by atoms with E-state index < -0.39 is 6.10 Å². The third kappa shape index (κ3) is 3.88. The lowest BCUT2D eigenvalue weighted by atomic mass is 9.82. The SMILES string of the molecule is COC(C(O)Cc1c(Cl)cccc1Cl)C1CCCCC1. The average Bonchev–Trinajstić information content (AvgIpc) is 2.45. The highest BCUT2D eigenvalue weighted by molar-refractivity contribution is 6.35. The summed E-state index contributed by atoms with van der Waals surface area (Å²) >= 11 is 12.3. The maximum atomic E-state index is 10.5. The molecule has 0 radical (unpaired) electrons. The van der Waals surface area contributed by atoms with Gasteiger partial charge in [-0.1, -0.05) is 48.5 Å². The van der Waals surface area contributed by atoms with Crippen LogP contribution in [-0.2, 0) is 11.2 Å². The van der Waals surface area contributed by atoms with Gasteiger partial charge in [-0.15, -0.1) is 0 Å². The number of aliphatic hydroxyl groups is 1. The van der Waals surface area contributed by atoms with E-state index in [0.29, 0.717) is 22.4 Å². The van der Waals surface area contributed by atoms with Crippen LogP contribution in [-0.4, -0.2) is 24.4 Å². The van der Waals surface area contributed by atoms with E-state index in [0.717, 1.165) is 18.4 Å². The minimum absolute atomic E-state index is 0.136. The zero-order valence-electron chi connectivity index (χ0n) is 11.8. The maximum Gasteiger partial charge on any atom is 0.0861 e. The third-order valence-corrected chi connectivity index (χ3v) is 4.95. The van der Waals surface area contributed by atoms with Crippen molar-refractivity contribution in [3.8, 4) is 0 Å². The Morgan fingerprint density at radius 2 is 1.80 bits per heavy atom. The van der Waals surface area contributed by atoms with Gasteiger partial charge in [0.1, 0.15) is 0 Å². The molecule has 1 aliphatic carbocycles. The summed E-state index contributed by atoms with van der Waals surface area (Å²) in [4.78, 5) is 0. The van der Waals surface area contributed by atoms with Crippen molar-refractivity contribution in [1.82, 2.24) is 0 Å². The Kier molecular flexibility index (Phi) is 6.16. The van der Waals surface area contributed by atoms with E-state index in [2.05, 4.69) is 0 Å². The number of hydrogen-bond acceptors (Lipinski definition) is 2. The minimum Gasteiger partial charge on any atom is -0.390 e. The fourth-order valence-electron chi connectivity index (χ4n) is 3.18. The Labute approximate surface area is 131 Å². The second-order valence-electron chi connectivity index (χ2n) is 5.57. The topological polar surface area (TPSA) is 29.5 Å². The Morgan fingerprint density at radius 1 is 1.20 bits per heavy atom. The summed E-state index contributed by atoms with van der Waals surface area (Å²) in [6.45, 7) is 0. The van der Waals surface area contributed by atoms with Crippen LogP contribution in [0.2, 0.25) is 10.0 Å². The number of ether oxygens (including phenoxy) is 1. The van der Waals surface area contributed by atoms with E-state index in [4.69, 9.17) is 27.9 Å². The van der Waals surface area contributed by atoms with Crippen molar-refractivity contribution in [3.05, 3.63) is 33.8 Å². The lowest BCUT2D eigenvalue weighted by Gasteiger charge is -2.32. The zero-order valence-corrected chi connectivity index (χ0v) is 13.3. The van der Waals surface area contributed by atoms with E-state index in [1.807, 2.05) is 6.07 Å². The van der Waals surface area contributed by atoms with Crippen LogP contribution < -0.4 is 0 Å². The zero-order chi connectivity index (χ0) is 14.5. The van der Waals surface area contributed by atoms with Gasteiger partial charge in [0.15, 0.2) is 0 Å². The van der Waals surface area contributed by atoms with Crippen LogP contribution in [0.4, 0.5) is 0 Å². The molecule has 0 aliphatic heterocycles. The molecule has 0 heterocycles. The molecule has 0 amide bonds. The third-order valence-electron chi connectivity index (χ3n) is 4.24. The molecule has 0 bridgehead atoms. The molecule has 4 heteroatoms. The van der Waals surface area contributed by atoms with Crippen molar-refractivity contribution in [2.45, 2.75) is 50.7 Å². The molecule has 1 aliphatic rings. The van der Waals surface area contributed by atoms with Crippen LogP contribution in [0.1, 0.15) is 37.7 Å². The van der Waals surface area contributed by atoms with Crippen LogP contribution in [0.5, 0.6) is 0 Å². The van der Waals surface area contributed by atoms with Gasteiger partial charge in [-0.05, 0) is 36.5 Å². The number of hydrogen-bond donors (Lipinski definition) is 1. The first-order valence-corrected chi connectivity index (χ1v) is 8.03. The van der Waals surface area contributed by atoms with E-state index >= 15 is 0 Å². The van der Waals surface area contributed by atoms with Gasteiger partial charge in [0.25, 0.3) is 0 Å². The molecule has 1 saturated carbocycles. The van der Waals surface area contributed by atoms with Crippen LogP contribution in [0.15, 0.2) is 18.2 Å². The van der Waals surface area contributed by atoms with Crippen molar-refractivity contribution in [2.75, 3.05) is 7.11 Å². The molecule has 1 aromatic carbocycles. The van der Waals surface area contributed by atoms with Gasteiger partial charge < -0.3 is 9.84 Å². The van der Waals surface area contributed by atoms with Crippen LogP contribution >= 0.6 is 23.2 Å². The molecule has 2 nitrogen and oxygen atoms in total. The second-order valence-corrected chi connectivity index (χ2v) is 6.38. The van der Waals surface area contributed by atoms with Gasteiger partial charge in [0.05, 0.1) is 12.2 Å². The molecule has 1 N–H and O–H groups in total. The van der Waals surface area contributed by atoms with Crippen molar-refractivity contribution >= 4 is 23.2 Å². The number of methoxy groups -OCH3 is 1. The van der Waals surface area contributed by atoms with E-state index in [1.54, 1.807) is 19.2 Å². The smallest absolute Gasteiger partial charge is 0.0861 e. The fourth-order valence-corrected chi connectivity index (χ4v) is 3.73. The number of rotatable bonds is 5. The van der Waals surface area contributed by atoms with Gasteiger partial charge in [-0.2, -0.15) is 0 Å². The van der Waals surface area contributed by atoms with Gasteiger partial charge in [-0.25, -0.2) is 0 Å². The van der Waals surface area contributed by atoms with Crippen LogP contribution in [0.25, 0.3) is 0 Å². The first kappa shape index (κ1) is 16.1. The highest BCUT2D eigenvalue weighted by Gasteiger charge is 2.30. The predicted octanol–water partition coefficient (Wildman–Crippen LogP) is 4.49. The molecule has 2 atom stereocenters. The molecular weight excluding hydrogens is 295 g/mol. The standard InChI is InChI=1S/C16H22Cl2O2/c1-20-16(11-6-3-2-4-7-11)15(19)10-12-13(17)8-5-9-14(12)18/h5,8-9,11,15-16,19H,2-4,6-7,10H2,1H3. The Bertz CT molecular complexity index is 410. The second kappa shape index (κ2) is 7.65. The predicted molar refractivity (Wildman–Crippen MR) is 83.5 cm³/mol. The quantitative estimate of drug-likeness (QED) is 0.867. The number of aliphatic hydroxyl groups excluding tert-OH is 1. The van der Waals surface area contributed by atoms with Gasteiger partial charge >= 0.3 is 0 Å². The maximum absolute atomic E-state index is 10.5. The Hall–Kier alpha value is -0.280. The summed E-state index contributed by atoms with van der Waals surface area (Å²) in [5.74, 6) is 0.435. The van der Waals surface area contributed by atoms with E-state index in [1.165, 1.54) is 19.3 Å². The van der Waals surface area contributed by atoms with Crippen molar-refractivity contribution in [3.63, 3.8) is 0 Å². The Morgan fingerprint density at radius 3 is 2.35 bits per heavy atom. The van der Waals surface area contributed by atoms with Crippen LogP contribution in [0.3, 0.4) is 0 Å². The Balaban J connectivity index is 2.06. The summed E-state index contributed by atoms with van der Waals surface area (Å²) in [6.07, 6.45) is 5.74. The largest absolute Gasteiger partial charge is 0.390 e. The lowest BCUT2D eigenvalue weighted by Crippen LogP contribution is -2.37. The molecular formula is C16H22Cl2O2. The van der Waals surface area contributed by atoms with Gasteiger partial charge in [-0.3, -0.25) is 0 Å². The fraction of sp³-hybridized carbons (Fsp3) is 0.625. The molecule has 2 unspecified atom stereocenters. The molecule has 20 heavy (non-hydrogen) atoms. The highest BCUT2D eigenvalue weighted by Crippen LogP contribution is 2.32. The molecule has 2 rings (SSSR count). The summed E-state index contributed by atoms with van der Waals surface area (Å²) in [6, 6.07) is 5.42. The minimum atomic E-state index is -0.569. The van der Waals surface area contributed by atoms with Crippen LogP contribution in [0, 0.1) is 5.92 Å². The first-order chi connectivity index (χ1) is 9.63. The molecule has 1 fully saturated rings. The van der Waals surface area contributed by atoms with Gasteiger partial charge in [0.2, 0.25) is 0 Å². The van der Waals surface area contributed by atoms with Gasteiger partial charge in [0, 0.05) is 23.6 Å².